The maximum Gasteiger partial charge on any atom is 0.306 e. The zero-order valence-corrected chi connectivity index (χ0v) is 24.3. The van der Waals surface area contributed by atoms with Gasteiger partial charge in [-0.1, -0.05) is 41.6 Å². The molecule has 1 aromatic heterocycles. The molecule has 0 aliphatic carbocycles. The van der Waals surface area contributed by atoms with E-state index in [1.54, 1.807) is 34.1 Å². The molecule has 4 aromatic rings. The highest BCUT2D eigenvalue weighted by atomic mass is 32.3. The molecule has 212 valence electrons. The second kappa shape index (κ2) is 11.2. The molecule has 1 unspecified atom stereocenters. The molecule has 2 N–H and O–H groups in total. The molecule has 40 heavy (non-hydrogen) atoms. The predicted molar refractivity (Wildman–Crippen MR) is 156 cm³/mol. The number of carbonyl (C=O) groups excluding carboxylic acids is 1. The van der Waals surface area contributed by atoms with E-state index in [1.807, 2.05) is 58.2 Å². The van der Waals surface area contributed by atoms with Gasteiger partial charge in [-0.15, -0.1) is 15.9 Å². The summed E-state index contributed by atoms with van der Waals surface area (Å²) >= 11 is 0. The van der Waals surface area contributed by atoms with Gasteiger partial charge in [0.05, 0.1) is 25.1 Å². The van der Waals surface area contributed by atoms with E-state index in [1.165, 1.54) is 0 Å². The third-order valence-electron chi connectivity index (χ3n) is 7.55. The highest BCUT2D eigenvalue weighted by molar-refractivity contribution is 8.22. The number of aromatic nitrogens is 3. The van der Waals surface area contributed by atoms with Crippen molar-refractivity contribution < 1.29 is 23.4 Å². The number of ether oxygens (including phenoxy) is 2. The Morgan fingerprint density at radius 3 is 2.73 bits per heavy atom. The number of hydrogen-bond acceptors (Lipinski definition) is 8. The number of carbonyl (C=O) groups is 1. The number of esters is 1. The third-order valence-corrected chi connectivity index (χ3v) is 9.47. The lowest BCUT2D eigenvalue weighted by Gasteiger charge is -2.42. The molecule has 2 atom stereocenters. The molecule has 0 saturated carbocycles. The zero-order valence-electron chi connectivity index (χ0n) is 23.5. The fourth-order valence-electron chi connectivity index (χ4n) is 5.40. The minimum Gasteiger partial charge on any atom is -0.487 e. The molecule has 0 fully saturated rings. The highest BCUT2D eigenvalue weighted by Gasteiger charge is 2.34. The van der Waals surface area contributed by atoms with E-state index in [0.717, 1.165) is 38.9 Å². The van der Waals surface area contributed by atoms with Crippen molar-refractivity contribution in [3.63, 3.8) is 0 Å². The first-order valence-corrected chi connectivity index (χ1v) is 14.9. The Morgan fingerprint density at radius 2 is 1.95 bits per heavy atom. The Kier molecular flexibility index (Phi) is 7.87. The van der Waals surface area contributed by atoms with Crippen LogP contribution < -0.4 is 4.74 Å². The molecular formula is C30H36N4O5S. The normalized spacial score (nSPS) is 18.4. The van der Waals surface area contributed by atoms with Gasteiger partial charge < -0.3 is 9.47 Å². The van der Waals surface area contributed by atoms with Crippen LogP contribution in [0.15, 0.2) is 59.5 Å². The number of fused-ring (bicyclic) bond motifs is 2. The van der Waals surface area contributed by atoms with Crippen molar-refractivity contribution >= 4 is 27.8 Å². The van der Waals surface area contributed by atoms with Gasteiger partial charge in [0.25, 0.3) is 0 Å². The molecule has 0 bridgehead atoms. The van der Waals surface area contributed by atoms with Gasteiger partial charge in [0.2, 0.25) is 0 Å². The molecule has 0 spiro atoms. The van der Waals surface area contributed by atoms with Gasteiger partial charge in [-0.25, -0.2) is 4.68 Å². The van der Waals surface area contributed by atoms with Crippen LogP contribution in [-0.4, -0.2) is 53.6 Å². The average Bonchev–Trinajstić information content (AvgIpc) is 3.26. The van der Waals surface area contributed by atoms with Crippen LogP contribution in [0.5, 0.6) is 5.75 Å². The van der Waals surface area contributed by atoms with Crippen LogP contribution in [0.25, 0.3) is 11.0 Å². The van der Waals surface area contributed by atoms with E-state index in [2.05, 4.69) is 16.4 Å². The smallest absolute Gasteiger partial charge is 0.306 e. The second-order valence-electron chi connectivity index (χ2n) is 10.3. The summed E-state index contributed by atoms with van der Waals surface area (Å²) in [5.74, 6) is -0.0674. The maximum absolute atomic E-state index is 12.8. The van der Waals surface area contributed by atoms with Crippen molar-refractivity contribution in [3.05, 3.63) is 82.4 Å². The second-order valence-corrected chi connectivity index (χ2v) is 12.3. The Balaban J connectivity index is 1.55. The van der Waals surface area contributed by atoms with Crippen molar-refractivity contribution in [2.75, 3.05) is 13.2 Å². The molecule has 0 amide bonds. The maximum atomic E-state index is 12.8. The molecule has 2 heterocycles. The van der Waals surface area contributed by atoms with Crippen LogP contribution in [0, 0.1) is 13.8 Å². The van der Waals surface area contributed by atoms with Crippen molar-refractivity contribution in [2.24, 2.45) is 7.05 Å². The van der Waals surface area contributed by atoms with Gasteiger partial charge in [-0.05, 0) is 73.7 Å². The van der Waals surface area contributed by atoms with Gasteiger partial charge in [0.1, 0.15) is 22.3 Å². The molecule has 1 aliphatic heterocycles. The SMILES string of the molecule is CCOC(=O)CC(c1ccc(C)c(CN2C[C@@H](C)Oc3ccccc3S2(O)O)c1)c1ccc2c(nnn2C)c1C. The van der Waals surface area contributed by atoms with Gasteiger partial charge in [-0.2, -0.15) is 4.31 Å². The van der Waals surface area contributed by atoms with Crippen LogP contribution in [0.4, 0.5) is 0 Å². The number of nitrogens with zero attached hydrogens (tertiary/aromatic N) is 4. The summed E-state index contributed by atoms with van der Waals surface area (Å²) < 4.78 is 37.6. The van der Waals surface area contributed by atoms with E-state index in [4.69, 9.17) is 9.47 Å². The summed E-state index contributed by atoms with van der Waals surface area (Å²) in [7, 11) is -1.44. The highest BCUT2D eigenvalue weighted by Crippen LogP contribution is 2.57. The van der Waals surface area contributed by atoms with Crippen molar-refractivity contribution in [1.29, 1.82) is 0 Å². The summed E-state index contributed by atoms with van der Waals surface area (Å²) in [5.41, 5.74) is 6.56. The van der Waals surface area contributed by atoms with Crippen LogP contribution >= 0.6 is 10.8 Å². The Bertz CT molecular complexity index is 1550. The quantitative estimate of drug-likeness (QED) is 0.264. The molecular weight excluding hydrogens is 528 g/mol. The van der Waals surface area contributed by atoms with Crippen molar-refractivity contribution in [3.8, 4) is 5.75 Å². The minimum absolute atomic E-state index is 0.167. The summed E-state index contributed by atoms with van der Waals surface area (Å²) in [6, 6.07) is 17.2. The number of aryl methyl sites for hydroxylation is 3. The summed E-state index contributed by atoms with van der Waals surface area (Å²) in [6.07, 6.45) is -0.0728. The van der Waals surface area contributed by atoms with Gasteiger partial charge in [0.15, 0.2) is 0 Å². The molecule has 9 nitrogen and oxygen atoms in total. The summed E-state index contributed by atoms with van der Waals surface area (Å²) in [4.78, 5) is 13.2. The zero-order chi connectivity index (χ0) is 28.6. The molecule has 3 aromatic carbocycles. The molecule has 10 heteroatoms. The van der Waals surface area contributed by atoms with Gasteiger partial charge in [-0.3, -0.25) is 13.9 Å². The van der Waals surface area contributed by atoms with E-state index in [0.29, 0.717) is 30.3 Å². The first-order chi connectivity index (χ1) is 19.1. The predicted octanol–water partition coefficient (Wildman–Crippen LogP) is 5.98. The lowest BCUT2D eigenvalue weighted by atomic mass is 9.84. The number of rotatable bonds is 7. The van der Waals surface area contributed by atoms with E-state index < -0.39 is 10.8 Å². The number of benzene rings is 3. The standard InChI is InChI=1S/C30H36N4O5S/c1-6-38-29(35)16-25(24-13-14-26-30(21(24)4)31-32-33(26)5)22-12-11-19(2)23(15-22)18-34-17-20(3)39-27-9-7-8-10-28(27)40(34,36)37/h7-15,20,25,36-37H,6,16-18H2,1-5H3/t20-,25?/m1/s1. The van der Waals surface area contributed by atoms with Crippen LogP contribution in [-0.2, 0) is 23.1 Å². The fourth-order valence-corrected chi connectivity index (χ4v) is 7.06. The first-order valence-electron chi connectivity index (χ1n) is 13.4. The van der Waals surface area contributed by atoms with E-state index in [9.17, 15) is 13.9 Å². The third kappa shape index (κ3) is 5.32. The van der Waals surface area contributed by atoms with E-state index in [-0.39, 0.29) is 24.4 Å². The molecule has 5 rings (SSSR count). The molecule has 0 radical (unpaired) electrons. The minimum atomic E-state index is -3.29. The Hall–Kier alpha value is -3.44. The van der Waals surface area contributed by atoms with Crippen LogP contribution in [0.3, 0.4) is 0 Å². The van der Waals surface area contributed by atoms with Crippen molar-refractivity contribution in [2.45, 2.75) is 57.6 Å². The van der Waals surface area contributed by atoms with E-state index >= 15 is 0 Å². The number of para-hydroxylation sites is 1. The molecule has 0 saturated heterocycles. The van der Waals surface area contributed by atoms with Gasteiger partial charge in [0, 0.05) is 19.5 Å². The average molecular weight is 565 g/mol. The lowest BCUT2D eigenvalue weighted by molar-refractivity contribution is -0.143. The van der Waals surface area contributed by atoms with Crippen LogP contribution in [0.2, 0.25) is 0 Å². The Morgan fingerprint density at radius 1 is 1.18 bits per heavy atom. The summed E-state index contributed by atoms with van der Waals surface area (Å²) in [5, 5.41) is 8.52. The monoisotopic (exact) mass is 564 g/mol. The molecule has 1 aliphatic rings. The first kappa shape index (κ1) is 28.1. The number of hydrogen-bond donors (Lipinski definition) is 2. The van der Waals surface area contributed by atoms with Crippen molar-refractivity contribution in [1.82, 2.24) is 19.3 Å². The summed E-state index contributed by atoms with van der Waals surface area (Å²) in [6.45, 7) is 8.69. The lowest BCUT2D eigenvalue weighted by Crippen LogP contribution is -2.33. The van der Waals surface area contributed by atoms with Gasteiger partial charge >= 0.3 is 5.97 Å². The largest absolute Gasteiger partial charge is 0.487 e. The topological polar surface area (TPSA) is 110 Å². The fraction of sp³-hybridized carbons (Fsp3) is 0.367. The van der Waals surface area contributed by atoms with Crippen LogP contribution in [0.1, 0.15) is 54.0 Å². The Labute approximate surface area is 236 Å².